The zero-order chi connectivity index (χ0) is 14.1. The summed E-state index contributed by atoms with van der Waals surface area (Å²) in [6, 6.07) is 5.67. The molecule has 3 aromatic rings. The molecule has 0 bridgehead atoms. The Kier molecular flexibility index (Phi) is 3.06. The van der Waals surface area contributed by atoms with E-state index in [1.807, 2.05) is 29.7 Å². The van der Waals surface area contributed by atoms with Crippen molar-refractivity contribution in [3.05, 3.63) is 36.0 Å². The highest BCUT2D eigenvalue weighted by atomic mass is 16.5. The highest BCUT2D eigenvalue weighted by Crippen LogP contribution is 2.23. The molecule has 0 spiro atoms. The molecule has 20 heavy (non-hydrogen) atoms. The van der Waals surface area contributed by atoms with Crippen LogP contribution in [0.15, 0.2) is 28.8 Å². The predicted molar refractivity (Wildman–Crippen MR) is 75.7 cm³/mol. The number of nitrogen functional groups attached to an aromatic ring is 1. The molecule has 0 aliphatic carbocycles. The van der Waals surface area contributed by atoms with Gasteiger partial charge in [0.25, 0.3) is 0 Å². The molecule has 2 aromatic heterocycles. The number of hydrogen-bond acceptors (Lipinski definition) is 5. The maximum Gasteiger partial charge on any atom is 0.214 e. The van der Waals surface area contributed by atoms with Crippen LogP contribution in [0.5, 0.6) is 5.75 Å². The topological polar surface area (TPSA) is 79.1 Å². The number of methoxy groups -OCH3 is 1. The van der Waals surface area contributed by atoms with Crippen LogP contribution >= 0.6 is 0 Å². The molecule has 6 heteroatoms. The number of nitrogens with two attached hydrogens (primary N) is 1. The molecule has 3 rings (SSSR count). The second-order valence-corrected chi connectivity index (χ2v) is 4.48. The molecular formula is C14H16N4O2. The molecule has 2 N–H and O–H groups in total. The summed E-state index contributed by atoms with van der Waals surface area (Å²) in [7, 11) is 1.63. The van der Waals surface area contributed by atoms with Gasteiger partial charge in [-0.2, -0.15) is 0 Å². The number of imidazole rings is 1. The Balaban J connectivity index is 2.00. The molecule has 0 unspecified atom stereocenters. The van der Waals surface area contributed by atoms with Gasteiger partial charge >= 0.3 is 0 Å². The van der Waals surface area contributed by atoms with Gasteiger partial charge in [-0.25, -0.2) is 9.97 Å². The summed E-state index contributed by atoms with van der Waals surface area (Å²) in [5.74, 6) is 2.68. The van der Waals surface area contributed by atoms with E-state index >= 15 is 0 Å². The summed E-state index contributed by atoms with van der Waals surface area (Å²) in [5.41, 5.74) is 7.70. The summed E-state index contributed by atoms with van der Waals surface area (Å²) >= 11 is 0. The highest BCUT2D eigenvalue weighted by molar-refractivity contribution is 5.80. The zero-order valence-electron chi connectivity index (χ0n) is 11.5. The Hall–Kier alpha value is -2.50. The normalized spacial score (nSPS) is 11.1. The third-order valence-electron chi connectivity index (χ3n) is 3.23. The van der Waals surface area contributed by atoms with Gasteiger partial charge in [0, 0.05) is 12.5 Å². The molecule has 0 radical (unpaired) electrons. The van der Waals surface area contributed by atoms with Crippen LogP contribution in [-0.4, -0.2) is 21.6 Å². The van der Waals surface area contributed by atoms with Crippen molar-refractivity contribution in [2.45, 2.75) is 19.9 Å². The molecule has 104 valence electrons. The third-order valence-corrected chi connectivity index (χ3v) is 3.23. The molecule has 2 heterocycles. The van der Waals surface area contributed by atoms with Crippen LogP contribution in [0.3, 0.4) is 0 Å². The Morgan fingerprint density at radius 2 is 2.25 bits per heavy atom. The van der Waals surface area contributed by atoms with E-state index < -0.39 is 0 Å². The molecule has 0 aliphatic rings. The second-order valence-electron chi connectivity index (χ2n) is 4.48. The fraction of sp³-hybridized carbons (Fsp3) is 0.286. The number of aromatic nitrogens is 3. The molecule has 0 aliphatic heterocycles. The van der Waals surface area contributed by atoms with Crippen LogP contribution in [0.2, 0.25) is 0 Å². The minimum Gasteiger partial charge on any atom is -0.497 e. The summed E-state index contributed by atoms with van der Waals surface area (Å²) in [6.45, 7) is 2.49. The fourth-order valence-electron chi connectivity index (χ4n) is 2.14. The lowest BCUT2D eigenvalue weighted by atomic mass is 10.3. The quantitative estimate of drug-likeness (QED) is 0.787. The van der Waals surface area contributed by atoms with Crippen molar-refractivity contribution in [1.82, 2.24) is 14.5 Å². The Morgan fingerprint density at radius 3 is 2.95 bits per heavy atom. The lowest BCUT2D eigenvalue weighted by molar-refractivity contribution is 0.415. The number of fused-ring (bicyclic) bond motifs is 1. The third kappa shape index (κ3) is 2.09. The number of oxazole rings is 1. The molecule has 0 fully saturated rings. The highest BCUT2D eigenvalue weighted by Gasteiger charge is 2.12. The standard InChI is InChI=1S/C14H16N4O2/c1-3-9-7-16-13(20-9)8-18-12-5-4-10(19-2)6-11(12)17-14(18)15/h4-7H,3,8H2,1-2H3,(H2,15,17). The minimum atomic E-state index is 0.435. The number of ether oxygens (including phenoxy) is 1. The van der Waals surface area contributed by atoms with E-state index in [0.29, 0.717) is 18.4 Å². The number of benzene rings is 1. The van der Waals surface area contributed by atoms with Crippen molar-refractivity contribution in [2.75, 3.05) is 12.8 Å². The van der Waals surface area contributed by atoms with E-state index in [1.165, 1.54) is 0 Å². The Labute approximate surface area is 116 Å². The monoisotopic (exact) mass is 272 g/mol. The van der Waals surface area contributed by atoms with Crippen LogP contribution in [-0.2, 0) is 13.0 Å². The summed E-state index contributed by atoms with van der Waals surface area (Å²) in [6.07, 6.45) is 2.57. The van der Waals surface area contributed by atoms with E-state index in [4.69, 9.17) is 14.9 Å². The van der Waals surface area contributed by atoms with Crippen molar-refractivity contribution in [3.63, 3.8) is 0 Å². The number of anilines is 1. The second kappa shape index (κ2) is 4.88. The number of nitrogens with zero attached hydrogens (tertiary/aromatic N) is 3. The molecule has 0 saturated heterocycles. The van der Waals surface area contributed by atoms with Crippen LogP contribution < -0.4 is 10.5 Å². The summed E-state index contributed by atoms with van der Waals surface area (Å²) in [4.78, 5) is 8.58. The van der Waals surface area contributed by atoms with Crippen molar-refractivity contribution >= 4 is 17.0 Å². The van der Waals surface area contributed by atoms with E-state index in [-0.39, 0.29) is 0 Å². The van der Waals surface area contributed by atoms with E-state index in [0.717, 1.165) is 29.0 Å². The van der Waals surface area contributed by atoms with Gasteiger partial charge in [-0.1, -0.05) is 6.92 Å². The van der Waals surface area contributed by atoms with Crippen molar-refractivity contribution in [3.8, 4) is 5.75 Å². The van der Waals surface area contributed by atoms with E-state index in [1.54, 1.807) is 13.3 Å². The summed E-state index contributed by atoms with van der Waals surface area (Å²) in [5, 5.41) is 0. The van der Waals surface area contributed by atoms with Crippen LogP contribution in [0, 0.1) is 0 Å². The average Bonchev–Trinajstić information content (AvgIpc) is 3.04. The van der Waals surface area contributed by atoms with Gasteiger partial charge in [0.05, 0.1) is 24.3 Å². The van der Waals surface area contributed by atoms with Gasteiger partial charge in [0.2, 0.25) is 11.8 Å². The smallest absolute Gasteiger partial charge is 0.214 e. The molecule has 1 aromatic carbocycles. The number of rotatable bonds is 4. The van der Waals surface area contributed by atoms with Crippen molar-refractivity contribution < 1.29 is 9.15 Å². The van der Waals surface area contributed by atoms with Gasteiger partial charge in [-0.3, -0.25) is 0 Å². The number of aryl methyl sites for hydroxylation is 1. The first kappa shape index (κ1) is 12.5. The molecule has 0 amide bonds. The van der Waals surface area contributed by atoms with Gasteiger partial charge in [0.1, 0.15) is 18.1 Å². The van der Waals surface area contributed by atoms with Gasteiger partial charge in [-0.05, 0) is 12.1 Å². The number of hydrogen-bond donors (Lipinski definition) is 1. The van der Waals surface area contributed by atoms with Crippen molar-refractivity contribution in [1.29, 1.82) is 0 Å². The lowest BCUT2D eigenvalue weighted by Gasteiger charge is -2.04. The van der Waals surface area contributed by atoms with Gasteiger partial charge in [-0.15, -0.1) is 0 Å². The predicted octanol–water partition coefficient (Wildman–Crippen LogP) is 2.23. The SMILES string of the molecule is CCc1cnc(Cn2c(N)nc3cc(OC)ccc32)o1. The first-order valence-corrected chi connectivity index (χ1v) is 6.44. The first-order valence-electron chi connectivity index (χ1n) is 6.44. The molecular weight excluding hydrogens is 256 g/mol. The fourth-order valence-corrected chi connectivity index (χ4v) is 2.14. The van der Waals surface area contributed by atoms with Crippen LogP contribution in [0.25, 0.3) is 11.0 Å². The van der Waals surface area contributed by atoms with Crippen LogP contribution in [0.1, 0.15) is 18.6 Å². The maximum absolute atomic E-state index is 5.97. The van der Waals surface area contributed by atoms with Gasteiger partial charge < -0.3 is 19.5 Å². The Bertz CT molecular complexity index is 745. The minimum absolute atomic E-state index is 0.435. The Morgan fingerprint density at radius 1 is 1.40 bits per heavy atom. The maximum atomic E-state index is 5.97. The molecule has 0 saturated carbocycles. The van der Waals surface area contributed by atoms with Crippen molar-refractivity contribution in [2.24, 2.45) is 0 Å². The average molecular weight is 272 g/mol. The van der Waals surface area contributed by atoms with Crippen LogP contribution in [0.4, 0.5) is 5.95 Å². The van der Waals surface area contributed by atoms with Gasteiger partial charge in [0.15, 0.2) is 0 Å². The lowest BCUT2D eigenvalue weighted by Crippen LogP contribution is -2.04. The largest absolute Gasteiger partial charge is 0.497 e. The van der Waals surface area contributed by atoms with E-state index in [2.05, 4.69) is 9.97 Å². The zero-order valence-corrected chi connectivity index (χ0v) is 11.5. The first-order chi connectivity index (χ1) is 9.71. The molecule has 6 nitrogen and oxygen atoms in total. The molecule has 0 atom stereocenters. The van der Waals surface area contributed by atoms with E-state index in [9.17, 15) is 0 Å². The summed E-state index contributed by atoms with van der Waals surface area (Å²) < 4.78 is 12.7.